The Morgan fingerprint density at radius 3 is 2.84 bits per heavy atom. The fraction of sp³-hybridized carbons (Fsp3) is 0.421. The number of benzene rings is 1. The minimum absolute atomic E-state index is 0.159. The third-order valence-electron chi connectivity index (χ3n) is 4.97. The van der Waals surface area contributed by atoms with Gasteiger partial charge in [0.1, 0.15) is 0 Å². The molecule has 1 aliphatic carbocycles. The number of aliphatic hydroxyl groups excluding tert-OH is 1. The summed E-state index contributed by atoms with van der Waals surface area (Å²) in [5.74, 6) is 1.38. The van der Waals surface area contributed by atoms with Crippen molar-refractivity contribution in [2.45, 2.75) is 51.2 Å². The number of nitrogens with zero attached hydrogens (tertiary/aromatic N) is 4. The molecule has 1 fully saturated rings. The summed E-state index contributed by atoms with van der Waals surface area (Å²) in [7, 11) is 0. The summed E-state index contributed by atoms with van der Waals surface area (Å²) in [6.07, 6.45) is 8.05. The summed E-state index contributed by atoms with van der Waals surface area (Å²) >= 11 is 0. The Hall–Kier alpha value is -2.47. The Kier molecular flexibility index (Phi) is 4.36. The first-order valence-corrected chi connectivity index (χ1v) is 8.98. The standard InChI is InChI=1S/C19H23N5O/c1-2-13-4-3-5-17-16(13)12-21-24(17)18-10-11-20-19(23-18)22-14-6-8-15(25)9-7-14/h3-5,10-12,14-15,25H,2,6-9H2,1H3,(H,20,22,23)/t14-,15-. The molecule has 6 heteroatoms. The smallest absolute Gasteiger partial charge is 0.224 e. The molecule has 4 rings (SSSR count). The maximum absolute atomic E-state index is 9.63. The topological polar surface area (TPSA) is 75.9 Å². The van der Waals surface area contributed by atoms with E-state index in [4.69, 9.17) is 0 Å². The van der Waals surface area contributed by atoms with Crippen LogP contribution in [0.5, 0.6) is 0 Å². The lowest BCUT2D eigenvalue weighted by atomic mass is 9.93. The number of hydrogen-bond acceptors (Lipinski definition) is 5. The van der Waals surface area contributed by atoms with Gasteiger partial charge in [0.2, 0.25) is 5.95 Å². The van der Waals surface area contributed by atoms with Gasteiger partial charge in [-0.05, 0) is 43.7 Å². The molecule has 0 amide bonds. The van der Waals surface area contributed by atoms with E-state index in [0.717, 1.165) is 43.4 Å². The van der Waals surface area contributed by atoms with E-state index in [1.807, 2.05) is 16.9 Å². The molecule has 0 radical (unpaired) electrons. The minimum atomic E-state index is -0.159. The summed E-state index contributed by atoms with van der Waals surface area (Å²) in [6, 6.07) is 8.46. The van der Waals surface area contributed by atoms with Crippen molar-refractivity contribution in [2.75, 3.05) is 5.32 Å². The second-order valence-corrected chi connectivity index (χ2v) is 6.65. The molecule has 2 heterocycles. The Bertz CT molecular complexity index is 867. The van der Waals surface area contributed by atoms with Crippen LogP contribution in [0.1, 0.15) is 38.2 Å². The lowest BCUT2D eigenvalue weighted by Crippen LogP contribution is -2.29. The predicted molar refractivity (Wildman–Crippen MR) is 97.9 cm³/mol. The average Bonchev–Trinajstić information content (AvgIpc) is 3.08. The second-order valence-electron chi connectivity index (χ2n) is 6.65. The normalized spacial score (nSPS) is 20.7. The zero-order valence-electron chi connectivity index (χ0n) is 14.4. The number of anilines is 1. The summed E-state index contributed by atoms with van der Waals surface area (Å²) < 4.78 is 1.87. The van der Waals surface area contributed by atoms with Crippen LogP contribution in [0, 0.1) is 0 Å². The van der Waals surface area contributed by atoms with Crippen LogP contribution in [0.4, 0.5) is 5.95 Å². The Morgan fingerprint density at radius 2 is 2.04 bits per heavy atom. The number of hydrogen-bond donors (Lipinski definition) is 2. The highest BCUT2D eigenvalue weighted by Crippen LogP contribution is 2.23. The Balaban J connectivity index is 1.61. The van der Waals surface area contributed by atoms with E-state index in [1.54, 1.807) is 6.20 Å². The van der Waals surface area contributed by atoms with Crippen LogP contribution in [0.25, 0.3) is 16.7 Å². The van der Waals surface area contributed by atoms with E-state index in [0.29, 0.717) is 12.0 Å². The molecular formula is C19H23N5O. The maximum atomic E-state index is 9.63. The highest BCUT2D eigenvalue weighted by atomic mass is 16.3. The summed E-state index contributed by atoms with van der Waals surface area (Å²) in [5, 5.41) is 18.7. The molecule has 0 spiro atoms. The van der Waals surface area contributed by atoms with Gasteiger partial charge >= 0.3 is 0 Å². The molecule has 1 saturated carbocycles. The Morgan fingerprint density at radius 1 is 1.20 bits per heavy atom. The van der Waals surface area contributed by atoms with Gasteiger partial charge in [0, 0.05) is 23.7 Å². The van der Waals surface area contributed by atoms with Crippen LogP contribution in [-0.2, 0) is 6.42 Å². The van der Waals surface area contributed by atoms with Crippen molar-refractivity contribution in [3.8, 4) is 5.82 Å². The molecule has 3 aromatic rings. The molecule has 6 nitrogen and oxygen atoms in total. The monoisotopic (exact) mass is 337 g/mol. The van der Waals surface area contributed by atoms with Crippen LogP contribution >= 0.6 is 0 Å². The van der Waals surface area contributed by atoms with Crippen molar-refractivity contribution >= 4 is 16.9 Å². The van der Waals surface area contributed by atoms with Crippen LogP contribution in [-0.4, -0.2) is 37.0 Å². The molecule has 25 heavy (non-hydrogen) atoms. The van der Waals surface area contributed by atoms with Crippen molar-refractivity contribution in [1.29, 1.82) is 0 Å². The number of aromatic nitrogens is 4. The van der Waals surface area contributed by atoms with E-state index in [1.165, 1.54) is 10.9 Å². The van der Waals surface area contributed by atoms with Gasteiger partial charge < -0.3 is 10.4 Å². The van der Waals surface area contributed by atoms with Crippen molar-refractivity contribution < 1.29 is 5.11 Å². The van der Waals surface area contributed by atoms with Gasteiger partial charge in [0.05, 0.1) is 17.8 Å². The van der Waals surface area contributed by atoms with Gasteiger partial charge in [-0.3, -0.25) is 0 Å². The fourth-order valence-corrected chi connectivity index (χ4v) is 3.54. The number of rotatable bonds is 4. The Labute approximate surface area is 146 Å². The number of nitrogens with one attached hydrogen (secondary N) is 1. The zero-order chi connectivity index (χ0) is 17.2. The molecule has 0 bridgehead atoms. The van der Waals surface area contributed by atoms with Crippen molar-refractivity contribution in [2.24, 2.45) is 0 Å². The lowest BCUT2D eigenvalue weighted by Gasteiger charge is -2.26. The second kappa shape index (κ2) is 6.80. The van der Waals surface area contributed by atoms with Gasteiger partial charge in [-0.15, -0.1) is 0 Å². The van der Waals surface area contributed by atoms with Crippen molar-refractivity contribution in [3.05, 3.63) is 42.2 Å². The van der Waals surface area contributed by atoms with E-state index >= 15 is 0 Å². The van der Waals surface area contributed by atoms with Crippen LogP contribution in [0.2, 0.25) is 0 Å². The predicted octanol–water partition coefficient (Wildman–Crippen LogP) is 3.09. The van der Waals surface area contributed by atoms with E-state index in [-0.39, 0.29) is 6.10 Å². The molecule has 1 aromatic carbocycles. The zero-order valence-corrected chi connectivity index (χ0v) is 14.4. The highest BCUT2D eigenvalue weighted by molar-refractivity contribution is 5.83. The van der Waals surface area contributed by atoms with Crippen LogP contribution in [0.3, 0.4) is 0 Å². The van der Waals surface area contributed by atoms with Crippen LogP contribution < -0.4 is 5.32 Å². The molecule has 0 atom stereocenters. The third kappa shape index (κ3) is 3.22. The molecule has 0 saturated heterocycles. The first-order valence-electron chi connectivity index (χ1n) is 8.98. The van der Waals surface area contributed by atoms with Gasteiger partial charge in [-0.2, -0.15) is 10.1 Å². The summed E-state index contributed by atoms with van der Waals surface area (Å²) in [5.41, 5.74) is 2.35. The number of fused-ring (bicyclic) bond motifs is 1. The molecular weight excluding hydrogens is 314 g/mol. The number of aliphatic hydroxyl groups is 1. The quantitative estimate of drug-likeness (QED) is 0.765. The molecule has 0 aliphatic heterocycles. The lowest BCUT2D eigenvalue weighted by molar-refractivity contribution is 0.126. The van der Waals surface area contributed by atoms with Gasteiger partial charge in [0.25, 0.3) is 0 Å². The first kappa shape index (κ1) is 16.0. The van der Waals surface area contributed by atoms with Crippen molar-refractivity contribution in [3.63, 3.8) is 0 Å². The van der Waals surface area contributed by atoms with E-state index < -0.39 is 0 Å². The van der Waals surface area contributed by atoms with E-state index in [2.05, 4.69) is 45.5 Å². The molecule has 1 aliphatic rings. The van der Waals surface area contributed by atoms with Crippen LogP contribution in [0.15, 0.2) is 36.7 Å². The van der Waals surface area contributed by atoms with Gasteiger partial charge in [-0.1, -0.05) is 19.1 Å². The SMILES string of the molecule is CCc1cccc2c1cnn2-c1ccnc(N[C@H]2CC[C@H](O)CC2)n1. The maximum Gasteiger partial charge on any atom is 0.224 e. The summed E-state index contributed by atoms with van der Waals surface area (Å²) in [4.78, 5) is 9.00. The van der Waals surface area contributed by atoms with E-state index in [9.17, 15) is 5.11 Å². The molecule has 0 unspecified atom stereocenters. The largest absolute Gasteiger partial charge is 0.393 e. The third-order valence-corrected chi connectivity index (χ3v) is 4.97. The van der Waals surface area contributed by atoms with Gasteiger partial charge in [0.15, 0.2) is 5.82 Å². The minimum Gasteiger partial charge on any atom is -0.393 e. The fourth-order valence-electron chi connectivity index (χ4n) is 3.54. The first-order chi connectivity index (χ1) is 12.2. The molecule has 130 valence electrons. The highest BCUT2D eigenvalue weighted by Gasteiger charge is 2.20. The number of aryl methyl sites for hydroxylation is 1. The van der Waals surface area contributed by atoms with Gasteiger partial charge in [-0.25, -0.2) is 9.67 Å². The average molecular weight is 337 g/mol. The molecule has 2 N–H and O–H groups in total. The summed E-state index contributed by atoms with van der Waals surface area (Å²) in [6.45, 7) is 2.15. The van der Waals surface area contributed by atoms with Crippen molar-refractivity contribution in [1.82, 2.24) is 19.7 Å². The molecule has 2 aromatic heterocycles.